The Bertz CT molecular complexity index is 856. The van der Waals surface area contributed by atoms with Gasteiger partial charge in [-0.25, -0.2) is 8.42 Å². The lowest BCUT2D eigenvalue weighted by atomic mass is 10.1. The number of hydrogen-bond acceptors (Lipinski definition) is 4. The maximum atomic E-state index is 12.9. The molecule has 1 aliphatic rings. The SMILES string of the molecule is O=S(=O)(c1ccccc1OC(F)(F)F)N1CCOC(c2ccccc2)C1. The molecule has 0 N–H and O–H groups in total. The second-order valence-electron chi connectivity index (χ2n) is 5.63. The average molecular weight is 387 g/mol. The first kappa shape index (κ1) is 18.7. The van der Waals surface area contributed by atoms with E-state index in [0.29, 0.717) is 0 Å². The molecule has 0 amide bonds. The lowest BCUT2D eigenvalue weighted by molar-refractivity contribution is -0.275. The first-order chi connectivity index (χ1) is 12.3. The number of alkyl halides is 3. The van der Waals surface area contributed by atoms with Crippen molar-refractivity contribution in [2.24, 2.45) is 0 Å². The van der Waals surface area contributed by atoms with E-state index < -0.39 is 33.1 Å². The summed E-state index contributed by atoms with van der Waals surface area (Å²) in [4.78, 5) is -0.522. The van der Waals surface area contributed by atoms with Gasteiger partial charge in [0.1, 0.15) is 10.6 Å². The van der Waals surface area contributed by atoms with E-state index in [4.69, 9.17) is 4.74 Å². The standard InChI is InChI=1S/C17H16F3NO4S/c18-17(19,20)25-14-8-4-5-9-16(14)26(22,23)21-10-11-24-15(12-21)13-6-2-1-3-7-13/h1-9,15H,10-12H2. The van der Waals surface area contributed by atoms with Gasteiger partial charge in [0.15, 0.2) is 0 Å². The summed E-state index contributed by atoms with van der Waals surface area (Å²) in [7, 11) is -4.18. The molecule has 2 aromatic carbocycles. The number of benzene rings is 2. The summed E-state index contributed by atoms with van der Waals surface area (Å²) in [5, 5.41) is 0. The number of halogens is 3. The lowest BCUT2D eigenvalue weighted by Crippen LogP contribution is -2.42. The van der Waals surface area contributed by atoms with Crippen molar-refractivity contribution in [2.75, 3.05) is 19.7 Å². The number of morpholine rings is 1. The van der Waals surface area contributed by atoms with Gasteiger partial charge in [-0.3, -0.25) is 0 Å². The van der Waals surface area contributed by atoms with E-state index >= 15 is 0 Å². The molecule has 0 radical (unpaired) electrons. The molecule has 1 atom stereocenters. The first-order valence-electron chi connectivity index (χ1n) is 7.79. The van der Waals surface area contributed by atoms with Crippen molar-refractivity contribution in [3.05, 3.63) is 60.2 Å². The molecular formula is C17H16F3NO4S. The molecule has 0 aromatic heterocycles. The minimum Gasteiger partial charge on any atom is -0.404 e. The Morgan fingerprint density at radius 1 is 1.04 bits per heavy atom. The van der Waals surface area contributed by atoms with E-state index in [1.807, 2.05) is 18.2 Å². The molecule has 1 saturated heterocycles. The highest BCUT2D eigenvalue weighted by atomic mass is 32.2. The fourth-order valence-corrected chi connectivity index (χ4v) is 4.26. The van der Waals surface area contributed by atoms with Crippen LogP contribution in [0.4, 0.5) is 13.2 Å². The molecule has 1 aliphatic heterocycles. The van der Waals surface area contributed by atoms with E-state index in [1.165, 1.54) is 12.1 Å². The van der Waals surface area contributed by atoms with Gasteiger partial charge in [0.05, 0.1) is 12.7 Å². The van der Waals surface area contributed by atoms with Gasteiger partial charge in [0.2, 0.25) is 10.0 Å². The molecule has 5 nitrogen and oxygen atoms in total. The van der Waals surface area contributed by atoms with Crippen LogP contribution >= 0.6 is 0 Å². The van der Waals surface area contributed by atoms with Crippen LogP contribution in [-0.2, 0) is 14.8 Å². The van der Waals surface area contributed by atoms with Crippen molar-refractivity contribution >= 4 is 10.0 Å². The molecule has 9 heteroatoms. The van der Waals surface area contributed by atoms with Crippen molar-refractivity contribution in [3.8, 4) is 5.75 Å². The summed E-state index contributed by atoms with van der Waals surface area (Å²) in [6.07, 6.45) is -5.47. The van der Waals surface area contributed by atoms with Gasteiger partial charge in [0.25, 0.3) is 0 Å². The third-order valence-electron chi connectivity index (χ3n) is 3.89. The van der Waals surface area contributed by atoms with E-state index in [2.05, 4.69) is 4.74 Å². The summed E-state index contributed by atoms with van der Waals surface area (Å²) >= 11 is 0. The molecule has 0 spiro atoms. The van der Waals surface area contributed by atoms with E-state index in [1.54, 1.807) is 12.1 Å². The zero-order chi connectivity index (χ0) is 18.8. The smallest absolute Gasteiger partial charge is 0.404 e. The second kappa shape index (κ2) is 7.26. The molecule has 3 rings (SSSR count). The lowest BCUT2D eigenvalue weighted by Gasteiger charge is -2.32. The van der Waals surface area contributed by atoms with Gasteiger partial charge in [-0.15, -0.1) is 13.2 Å². The van der Waals surface area contributed by atoms with Crippen LogP contribution in [0.1, 0.15) is 11.7 Å². The second-order valence-corrected chi connectivity index (χ2v) is 7.53. The summed E-state index contributed by atoms with van der Waals surface area (Å²) in [5.74, 6) is -0.747. The molecule has 2 aromatic rings. The predicted octanol–water partition coefficient (Wildman–Crippen LogP) is 3.35. The first-order valence-corrected chi connectivity index (χ1v) is 9.23. The van der Waals surface area contributed by atoms with Gasteiger partial charge in [-0.1, -0.05) is 42.5 Å². The fourth-order valence-electron chi connectivity index (χ4n) is 2.72. The van der Waals surface area contributed by atoms with Crippen molar-refractivity contribution in [1.29, 1.82) is 0 Å². The molecule has 26 heavy (non-hydrogen) atoms. The van der Waals surface area contributed by atoms with Crippen molar-refractivity contribution in [3.63, 3.8) is 0 Å². The number of hydrogen-bond donors (Lipinski definition) is 0. The molecule has 0 aliphatic carbocycles. The minimum atomic E-state index is -4.98. The van der Waals surface area contributed by atoms with E-state index in [9.17, 15) is 21.6 Å². The molecule has 0 bridgehead atoms. The predicted molar refractivity (Wildman–Crippen MR) is 87.0 cm³/mol. The Hall–Kier alpha value is -2.10. The average Bonchev–Trinajstić information content (AvgIpc) is 2.61. The summed E-state index contributed by atoms with van der Waals surface area (Å²) in [5.41, 5.74) is 0.798. The molecule has 1 heterocycles. The fraction of sp³-hybridized carbons (Fsp3) is 0.294. The minimum absolute atomic E-state index is 0.00665. The van der Waals surface area contributed by atoms with Crippen LogP contribution in [0.3, 0.4) is 0 Å². The summed E-state index contributed by atoms with van der Waals surface area (Å²) < 4.78 is 74.2. The molecule has 1 fully saturated rings. The van der Waals surface area contributed by atoms with Crippen LogP contribution < -0.4 is 4.74 Å². The molecule has 140 valence electrons. The van der Waals surface area contributed by atoms with Crippen LogP contribution in [0, 0.1) is 0 Å². The zero-order valence-corrected chi connectivity index (χ0v) is 14.3. The third-order valence-corrected chi connectivity index (χ3v) is 5.80. The van der Waals surface area contributed by atoms with E-state index in [-0.39, 0.29) is 19.7 Å². The highest BCUT2D eigenvalue weighted by molar-refractivity contribution is 7.89. The topological polar surface area (TPSA) is 55.8 Å². The van der Waals surface area contributed by atoms with Crippen molar-refractivity contribution in [2.45, 2.75) is 17.4 Å². The quantitative estimate of drug-likeness (QED) is 0.808. The monoisotopic (exact) mass is 387 g/mol. The number of para-hydroxylation sites is 1. The molecule has 0 saturated carbocycles. The number of nitrogens with zero attached hydrogens (tertiary/aromatic N) is 1. The van der Waals surface area contributed by atoms with Crippen LogP contribution in [0.5, 0.6) is 5.75 Å². The van der Waals surface area contributed by atoms with Gasteiger partial charge >= 0.3 is 6.36 Å². The van der Waals surface area contributed by atoms with Gasteiger partial charge in [-0.05, 0) is 17.7 Å². The van der Waals surface area contributed by atoms with Crippen molar-refractivity contribution < 1.29 is 31.1 Å². The molecular weight excluding hydrogens is 371 g/mol. The Labute approximate surface area is 149 Å². The maximum Gasteiger partial charge on any atom is 0.573 e. The van der Waals surface area contributed by atoms with Gasteiger partial charge in [0, 0.05) is 13.1 Å². The van der Waals surface area contributed by atoms with Crippen LogP contribution in [0.2, 0.25) is 0 Å². The molecule has 1 unspecified atom stereocenters. The maximum absolute atomic E-state index is 12.9. The normalized spacial score (nSPS) is 19.3. The van der Waals surface area contributed by atoms with Crippen LogP contribution in [-0.4, -0.2) is 38.8 Å². The van der Waals surface area contributed by atoms with Gasteiger partial charge < -0.3 is 9.47 Å². The Balaban J connectivity index is 1.89. The Morgan fingerprint density at radius 3 is 2.38 bits per heavy atom. The Morgan fingerprint density at radius 2 is 1.69 bits per heavy atom. The third kappa shape index (κ3) is 4.17. The zero-order valence-electron chi connectivity index (χ0n) is 13.5. The number of ether oxygens (including phenoxy) is 2. The Kier molecular flexibility index (Phi) is 5.22. The highest BCUT2D eigenvalue weighted by Gasteiger charge is 2.37. The summed E-state index contributed by atoms with van der Waals surface area (Å²) in [6, 6.07) is 13.8. The number of sulfonamides is 1. The highest BCUT2D eigenvalue weighted by Crippen LogP contribution is 2.33. The van der Waals surface area contributed by atoms with Gasteiger partial charge in [-0.2, -0.15) is 4.31 Å². The van der Waals surface area contributed by atoms with Crippen LogP contribution in [0.15, 0.2) is 59.5 Å². The van der Waals surface area contributed by atoms with Crippen LogP contribution in [0.25, 0.3) is 0 Å². The van der Waals surface area contributed by atoms with E-state index in [0.717, 1.165) is 22.0 Å². The number of rotatable bonds is 4. The summed E-state index contributed by atoms with van der Waals surface area (Å²) in [6.45, 7) is 0.194. The van der Waals surface area contributed by atoms with Crippen molar-refractivity contribution in [1.82, 2.24) is 4.31 Å². The largest absolute Gasteiger partial charge is 0.573 e.